The minimum Gasteiger partial charge on any atom is -0.508 e. The Kier molecular flexibility index (Phi) is 4.81. The molecule has 1 fully saturated rings. The molecule has 2 aromatic carbocycles. The maximum absolute atomic E-state index is 13.8. The van der Waals surface area contributed by atoms with Gasteiger partial charge >= 0.3 is 0 Å². The normalized spacial score (nSPS) is 16.8. The molecule has 2 aromatic rings. The highest BCUT2D eigenvalue weighted by Crippen LogP contribution is 2.31. The highest BCUT2D eigenvalue weighted by molar-refractivity contribution is 5.94. The van der Waals surface area contributed by atoms with Crippen molar-refractivity contribution in [2.45, 2.75) is 18.9 Å². The van der Waals surface area contributed by atoms with Crippen LogP contribution in [-0.4, -0.2) is 34.1 Å². The van der Waals surface area contributed by atoms with E-state index in [4.69, 9.17) is 0 Å². The number of likely N-dealkylation sites (tertiary alicyclic amines) is 1. The lowest BCUT2D eigenvalue weighted by molar-refractivity contribution is 0.0459. The predicted octanol–water partition coefficient (Wildman–Crippen LogP) is 3.12. The summed E-state index contributed by atoms with van der Waals surface area (Å²) in [5, 5.41) is 19.7. The number of amides is 1. The Morgan fingerprint density at radius 3 is 2.42 bits per heavy atom. The van der Waals surface area contributed by atoms with Gasteiger partial charge in [0.05, 0.1) is 11.7 Å². The SMILES string of the molecule is O=C(c1ccc(O)cc1F)N1CCC([C@H](O)c2ccccc2)CC1. The number of phenols is 1. The first-order valence-corrected chi connectivity index (χ1v) is 8.07. The second-order valence-corrected chi connectivity index (χ2v) is 6.15. The Morgan fingerprint density at radius 1 is 1.12 bits per heavy atom. The van der Waals surface area contributed by atoms with Crippen LogP contribution in [0.1, 0.15) is 34.9 Å². The zero-order chi connectivity index (χ0) is 17.1. The molecule has 1 saturated heterocycles. The molecule has 4 nitrogen and oxygen atoms in total. The zero-order valence-corrected chi connectivity index (χ0v) is 13.2. The Bertz CT molecular complexity index is 712. The number of piperidine rings is 1. The number of aliphatic hydroxyl groups is 1. The minimum atomic E-state index is -0.716. The molecule has 2 N–H and O–H groups in total. The molecule has 24 heavy (non-hydrogen) atoms. The Hall–Kier alpha value is -2.40. The molecule has 0 spiro atoms. The van der Waals surface area contributed by atoms with Gasteiger partial charge in [0.1, 0.15) is 11.6 Å². The third-order valence-corrected chi connectivity index (χ3v) is 4.60. The quantitative estimate of drug-likeness (QED) is 0.909. The maximum atomic E-state index is 13.8. The molecule has 1 heterocycles. The van der Waals surface area contributed by atoms with Crippen LogP contribution in [0.2, 0.25) is 0 Å². The monoisotopic (exact) mass is 329 g/mol. The van der Waals surface area contributed by atoms with Crippen molar-refractivity contribution in [2.75, 3.05) is 13.1 Å². The van der Waals surface area contributed by atoms with E-state index < -0.39 is 11.9 Å². The van der Waals surface area contributed by atoms with Crippen molar-refractivity contribution in [3.05, 3.63) is 65.5 Å². The van der Waals surface area contributed by atoms with Crippen molar-refractivity contribution in [3.63, 3.8) is 0 Å². The summed E-state index contributed by atoms with van der Waals surface area (Å²) in [6.07, 6.45) is 0.789. The van der Waals surface area contributed by atoms with Gasteiger partial charge in [-0.25, -0.2) is 4.39 Å². The third kappa shape index (κ3) is 3.41. The van der Waals surface area contributed by atoms with E-state index in [0.29, 0.717) is 25.9 Å². The standard InChI is InChI=1S/C19H20FNO3/c20-17-12-15(22)6-7-16(17)19(24)21-10-8-14(9-11-21)18(23)13-4-2-1-3-5-13/h1-7,12,14,18,22-23H,8-11H2/t18-/m1/s1. The van der Waals surface area contributed by atoms with E-state index in [1.165, 1.54) is 12.1 Å². The first-order valence-electron chi connectivity index (χ1n) is 8.07. The van der Waals surface area contributed by atoms with Gasteiger partial charge in [-0.2, -0.15) is 0 Å². The molecule has 0 aliphatic carbocycles. The fourth-order valence-electron chi connectivity index (χ4n) is 3.19. The van der Waals surface area contributed by atoms with Crippen molar-refractivity contribution in [1.29, 1.82) is 0 Å². The van der Waals surface area contributed by atoms with E-state index in [1.807, 2.05) is 30.3 Å². The molecule has 1 atom stereocenters. The molecule has 0 saturated carbocycles. The van der Waals surface area contributed by atoms with Crippen LogP contribution in [0, 0.1) is 11.7 Å². The lowest BCUT2D eigenvalue weighted by Crippen LogP contribution is -2.40. The van der Waals surface area contributed by atoms with Crippen LogP contribution < -0.4 is 0 Å². The molecule has 0 aromatic heterocycles. The summed E-state index contributed by atoms with van der Waals surface area (Å²) < 4.78 is 13.8. The summed E-state index contributed by atoms with van der Waals surface area (Å²) in [5.41, 5.74) is 0.849. The van der Waals surface area contributed by atoms with Crippen LogP contribution in [0.3, 0.4) is 0 Å². The van der Waals surface area contributed by atoms with Gasteiger partial charge in [-0.1, -0.05) is 30.3 Å². The second kappa shape index (κ2) is 7.01. The molecule has 1 amide bonds. The molecule has 3 rings (SSSR count). The Balaban J connectivity index is 1.63. The topological polar surface area (TPSA) is 60.8 Å². The molecule has 5 heteroatoms. The first kappa shape index (κ1) is 16.5. The van der Waals surface area contributed by atoms with Gasteiger partial charge in [0, 0.05) is 19.2 Å². The third-order valence-electron chi connectivity index (χ3n) is 4.60. The lowest BCUT2D eigenvalue weighted by atomic mass is 9.87. The Labute approximate surface area is 140 Å². The Morgan fingerprint density at radius 2 is 1.79 bits per heavy atom. The largest absolute Gasteiger partial charge is 0.508 e. The van der Waals surface area contributed by atoms with Crippen molar-refractivity contribution >= 4 is 5.91 Å². The van der Waals surface area contributed by atoms with Gasteiger partial charge in [-0.05, 0) is 36.5 Å². The number of hydrogen-bond acceptors (Lipinski definition) is 3. The molecular formula is C19H20FNO3. The van der Waals surface area contributed by atoms with E-state index >= 15 is 0 Å². The fraction of sp³-hybridized carbons (Fsp3) is 0.316. The zero-order valence-electron chi connectivity index (χ0n) is 13.2. The summed E-state index contributed by atoms with van der Waals surface area (Å²) in [7, 11) is 0. The number of rotatable bonds is 3. The number of carbonyl (C=O) groups is 1. The van der Waals surface area contributed by atoms with Gasteiger partial charge in [0.25, 0.3) is 5.91 Å². The highest BCUT2D eigenvalue weighted by Gasteiger charge is 2.29. The number of aliphatic hydroxyl groups excluding tert-OH is 1. The molecular weight excluding hydrogens is 309 g/mol. The van der Waals surface area contributed by atoms with Gasteiger partial charge in [0.15, 0.2) is 0 Å². The van der Waals surface area contributed by atoms with Gasteiger partial charge in [0.2, 0.25) is 0 Å². The summed E-state index contributed by atoms with van der Waals surface area (Å²) in [6, 6.07) is 13.0. The van der Waals surface area contributed by atoms with Crippen molar-refractivity contribution < 1.29 is 19.4 Å². The number of benzene rings is 2. The van der Waals surface area contributed by atoms with E-state index in [1.54, 1.807) is 4.90 Å². The number of aromatic hydroxyl groups is 1. The smallest absolute Gasteiger partial charge is 0.256 e. The van der Waals surface area contributed by atoms with Gasteiger partial charge in [-0.3, -0.25) is 4.79 Å². The summed E-state index contributed by atoms with van der Waals surface area (Å²) in [6.45, 7) is 0.960. The van der Waals surface area contributed by atoms with Crippen LogP contribution >= 0.6 is 0 Å². The number of nitrogens with zero attached hydrogens (tertiary/aromatic N) is 1. The molecule has 0 unspecified atom stereocenters. The number of phenolic OH excluding ortho intramolecular Hbond substituents is 1. The summed E-state index contributed by atoms with van der Waals surface area (Å²) in [4.78, 5) is 14.0. The highest BCUT2D eigenvalue weighted by atomic mass is 19.1. The van der Waals surface area contributed by atoms with Gasteiger partial charge in [-0.15, -0.1) is 0 Å². The van der Waals surface area contributed by atoms with Crippen LogP contribution in [0.15, 0.2) is 48.5 Å². The van der Waals surface area contributed by atoms with E-state index in [-0.39, 0.29) is 23.1 Å². The van der Waals surface area contributed by atoms with Crippen LogP contribution in [0.25, 0.3) is 0 Å². The number of hydrogen-bond donors (Lipinski definition) is 2. The minimum absolute atomic E-state index is 0.0325. The molecule has 0 bridgehead atoms. The summed E-state index contributed by atoms with van der Waals surface area (Å²) in [5.74, 6) is -1.21. The average molecular weight is 329 g/mol. The molecule has 1 aliphatic rings. The van der Waals surface area contributed by atoms with Crippen LogP contribution in [0.4, 0.5) is 4.39 Å². The van der Waals surface area contributed by atoms with Crippen molar-refractivity contribution in [3.8, 4) is 5.75 Å². The maximum Gasteiger partial charge on any atom is 0.256 e. The second-order valence-electron chi connectivity index (χ2n) is 6.15. The number of halogens is 1. The van der Waals surface area contributed by atoms with E-state index in [0.717, 1.165) is 11.6 Å². The first-order chi connectivity index (χ1) is 11.6. The van der Waals surface area contributed by atoms with Gasteiger partial charge < -0.3 is 15.1 Å². The molecule has 0 radical (unpaired) electrons. The molecule has 1 aliphatic heterocycles. The summed E-state index contributed by atoms with van der Waals surface area (Å²) >= 11 is 0. The molecule has 126 valence electrons. The predicted molar refractivity (Wildman–Crippen MR) is 88.1 cm³/mol. The van der Waals surface area contributed by atoms with Crippen LogP contribution in [0.5, 0.6) is 5.75 Å². The van der Waals surface area contributed by atoms with Crippen molar-refractivity contribution in [2.24, 2.45) is 5.92 Å². The number of carbonyl (C=O) groups excluding carboxylic acids is 1. The van der Waals surface area contributed by atoms with E-state index in [2.05, 4.69) is 0 Å². The fourth-order valence-corrected chi connectivity index (χ4v) is 3.19. The van der Waals surface area contributed by atoms with Crippen LogP contribution in [-0.2, 0) is 0 Å². The lowest BCUT2D eigenvalue weighted by Gasteiger charge is -2.34. The average Bonchev–Trinajstić information content (AvgIpc) is 2.61. The van der Waals surface area contributed by atoms with Crippen molar-refractivity contribution in [1.82, 2.24) is 4.90 Å². The van der Waals surface area contributed by atoms with E-state index in [9.17, 15) is 19.4 Å².